The Morgan fingerprint density at radius 1 is 1.38 bits per heavy atom. The van der Waals surface area contributed by atoms with E-state index in [4.69, 9.17) is 4.42 Å². The first-order valence-electron chi connectivity index (χ1n) is 6.13. The summed E-state index contributed by atoms with van der Waals surface area (Å²) in [5.74, 6) is 2.04. The fourth-order valence-corrected chi connectivity index (χ4v) is 2.42. The molecule has 1 atom stereocenters. The van der Waals surface area contributed by atoms with E-state index in [0.29, 0.717) is 11.3 Å². The molecule has 0 spiro atoms. The molecule has 0 aliphatic carbocycles. The average Bonchev–Trinajstić information content (AvgIpc) is 2.80. The van der Waals surface area contributed by atoms with Crippen molar-refractivity contribution in [3.05, 3.63) is 24.2 Å². The van der Waals surface area contributed by atoms with E-state index in [1.54, 1.807) is 6.26 Å². The topological polar surface area (TPSA) is 25.2 Å². The Bertz CT molecular complexity index is 257. The first-order chi connectivity index (χ1) is 7.76. The maximum Gasteiger partial charge on any atom is 0.113 e. The van der Waals surface area contributed by atoms with E-state index in [-0.39, 0.29) is 0 Å². The maximum atomic E-state index is 5.31. The standard InChI is InChI=1S/C13H23NOS/c1-4-12(5-2)14-9-11(3)16-10-13-7-6-8-15-13/h6-8,11-12,14H,4-5,9-10H2,1-3H3. The first-order valence-corrected chi connectivity index (χ1v) is 7.18. The molecular formula is C13H23NOS. The van der Waals surface area contributed by atoms with Gasteiger partial charge in [0.1, 0.15) is 5.76 Å². The molecule has 0 radical (unpaired) electrons. The van der Waals surface area contributed by atoms with Crippen LogP contribution in [-0.2, 0) is 5.75 Å². The zero-order valence-electron chi connectivity index (χ0n) is 10.5. The highest BCUT2D eigenvalue weighted by molar-refractivity contribution is 7.99. The fourth-order valence-electron chi connectivity index (χ4n) is 1.59. The van der Waals surface area contributed by atoms with Crippen molar-refractivity contribution in [2.75, 3.05) is 6.54 Å². The van der Waals surface area contributed by atoms with Crippen LogP contribution in [0.3, 0.4) is 0 Å². The van der Waals surface area contributed by atoms with Crippen LogP contribution in [0.15, 0.2) is 22.8 Å². The largest absolute Gasteiger partial charge is 0.468 e. The molecule has 1 rings (SSSR count). The lowest BCUT2D eigenvalue weighted by Crippen LogP contribution is -2.32. The van der Waals surface area contributed by atoms with Crippen molar-refractivity contribution in [2.45, 2.75) is 50.7 Å². The summed E-state index contributed by atoms with van der Waals surface area (Å²) in [4.78, 5) is 0. The summed E-state index contributed by atoms with van der Waals surface area (Å²) in [7, 11) is 0. The summed E-state index contributed by atoms with van der Waals surface area (Å²) in [5, 5.41) is 4.23. The zero-order valence-corrected chi connectivity index (χ0v) is 11.3. The molecule has 1 aromatic rings. The van der Waals surface area contributed by atoms with Gasteiger partial charge in [-0.2, -0.15) is 0 Å². The second-order valence-corrected chi connectivity index (χ2v) is 5.55. The van der Waals surface area contributed by atoms with Gasteiger partial charge >= 0.3 is 0 Å². The van der Waals surface area contributed by atoms with Gasteiger partial charge in [0, 0.05) is 17.8 Å². The third-order valence-electron chi connectivity index (χ3n) is 2.77. The van der Waals surface area contributed by atoms with Gasteiger partial charge in [-0.3, -0.25) is 0 Å². The Morgan fingerprint density at radius 2 is 2.12 bits per heavy atom. The molecule has 0 aromatic carbocycles. The zero-order chi connectivity index (χ0) is 11.8. The number of furan rings is 1. The van der Waals surface area contributed by atoms with E-state index in [1.165, 1.54) is 12.8 Å². The van der Waals surface area contributed by atoms with E-state index in [2.05, 4.69) is 26.1 Å². The number of rotatable bonds is 8. The third kappa shape index (κ3) is 5.08. The molecule has 1 N–H and O–H groups in total. The number of hydrogen-bond donors (Lipinski definition) is 1. The van der Waals surface area contributed by atoms with Gasteiger partial charge in [0.05, 0.1) is 12.0 Å². The minimum Gasteiger partial charge on any atom is -0.468 e. The molecule has 0 bridgehead atoms. The summed E-state index contributed by atoms with van der Waals surface area (Å²) in [6, 6.07) is 4.66. The van der Waals surface area contributed by atoms with E-state index in [9.17, 15) is 0 Å². The van der Waals surface area contributed by atoms with Gasteiger partial charge < -0.3 is 9.73 Å². The lowest BCUT2D eigenvalue weighted by atomic mass is 10.2. The van der Waals surface area contributed by atoms with Gasteiger partial charge in [-0.15, -0.1) is 11.8 Å². The van der Waals surface area contributed by atoms with Gasteiger partial charge in [-0.05, 0) is 25.0 Å². The minimum absolute atomic E-state index is 0.630. The second-order valence-electron chi connectivity index (χ2n) is 4.12. The summed E-state index contributed by atoms with van der Waals surface area (Å²) >= 11 is 1.94. The van der Waals surface area contributed by atoms with Crippen LogP contribution in [0.4, 0.5) is 0 Å². The molecule has 2 nitrogen and oxygen atoms in total. The molecule has 92 valence electrons. The molecule has 0 aliphatic rings. The van der Waals surface area contributed by atoms with Crippen LogP contribution in [0.1, 0.15) is 39.4 Å². The molecule has 1 unspecified atom stereocenters. The summed E-state index contributed by atoms with van der Waals surface area (Å²) in [5.41, 5.74) is 0. The first kappa shape index (κ1) is 13.7. The average molecular weight is 241 g/mol. The van der Waals surface area contributed by atoms with Crippen LogP contribution >= 0.6 is 11.8 Å². The smallest absolute Gasteiger partial charge is 0.113 e. The molecule has 1 heterocycles. The Morgan fingerprint density at radius 3 is 2.69 bits per heavy atom. The summed E-state index contributed by atoms with van der Waals surface area (Å²) < 4.78 is 5.31. The predicted octanol–water partition coefficient (Wildman–Crippen LogP) is 3.68. The predicted molar refractivity (Wildman–Crippen MR) is 71.8 cm³/mol. The van der Waals surface area contributed by atoms with Gasteiger partial charge in [0.15, 0.2) is 0 Å². The van der Waals surface area contributed by atoms with E-state index >= 15 is 0 Å². The van der Waals surface area contributed by atoms with Crippen molar-refractivity contribution in [1.82, 2.24) is 5.32 Å². The Hall–Kier alpha value is -0.410. The molecule has 0 fully saturated rings. The van der Waals surface area contributed by atoms with E-state index in [1.807, 2.05) is 23.9 Å². The molecule has 0 amide bonds. The van der Waals surface area contributed by atoms with E-state index < -0.39 is 0 Å². The van der Waals surface area contributed by atoms with Crippen LogP contribution in [-0.4, -0.2) is 17.8 Å². The van der Waals surface area contributed by atoms with Crippen LogP contribution in [0.25, 0.3) is 0 Å². The maximum absolute atomic E-state index is 5.31. The number of nitrogens with one attached hydrogen (secondary N) is 1. The van der Waals surface area contributed by atoms with Crippen molar-refractivity contribution >= 4 is 11.8 Å². The molecule has 3 heteroatoms. The Labute approximate surface area is 103 Å². The molecule has 16 heavy (non-hydrogen) atoms. The summed E-state index contributed by atoms with van der Waals surface area (Å²) in [6.07, 6.45) is 4.17. The highest BCUT2D eigenvalue weighted by Crippen LogP contribution is 2.17. The highest BCUT2D eigenvalue weighted by Gasteiger charge is 2.07. The van der Waals surface area contributed by atoms with Crippen LogP contribution in [0.5, 0.6) is 0 Å². The summed E-state index contributed by atoms with van der Waals surface area (Å²) in [6.45, 7) is 7.82. The Balaban J connectivity index is 2.13. The third-order valence-corrected chi connectivity index (χ3v) is 3.96. The molecule has 0 aliphatic heterocycles. The number of thioether (sulfide) groups is 1. The van der Waals surface area contributed by atoms with Crippen molar-refractivity contribution in [2.24, 2.45) is 0 Å². The SMILES string of the molecule is CCC(CC)NCC(C)SCc1ccco1. The monoisotopic (exact) mass is 241 g/mol. The normalized spacial score (nSPS) is 13.2. The lowest BCUT2D eigenvalue weighted by Gasteiger charge is -2.18. The molecule has 1 aromatic heterocycles. The van der Waals surface area contributed by atoms with Gasteiger partial charge in [-0.1, -0.05) is 20.8 Å². The minimum atomic E-state index is 0.630. The van der Waals surface area contributed by atoms with Crippen molar-refractivity contribution in [3.63, 3.8) is 0 Å². The van der Waals surface area contributed by atoms with Crippen LogP contribution in [0, 0.1) is 0 Å². The van der Waals surface area contributed by atoms with Gasteiger partial charge in [-0.25, -0.2) is 0 Å². The van der Waals surface area contributed by atoms with Crippen LogP contribution < -0.4 is 5.32 Å². The fraction of sp³-hybridized carbons (Fsp3) is 0.692. The van der Waals surface area contributed by atoms with Crippen molar-refractivity contribution < 1.29 is 4.42 Å². The number of hydrogen-bond acceptors (Lipinski definition) is 3. The van der Waals surface area contributed by atoms with Crippen molar-refractivity contribution in [1.29, 1.82) is 0 Å². The molecule has 0 saturated carbocycles. The Kier molecular flexibility index (Phi) is 6.65. The lowest BCUT2D eigenvalue weighted by molar-refractivity contribution is 0.487. The highest BCUT2D eigenvalue weighted by atomic mass is 32.2. The van der Waals surface area contributed by atoms with Gasteiger partial charge in [0.25, 0.3) is 0 Å². The van der Waals surface area contributed by atoms with Crippen LogP contribution in [0.2, 0.25) is 0 Å². The quantitative estimate of drug-likeness (QED) is 0.751. The van der Waals surface area contributed by atoms with E-state index in [0.717, 1.165) is 18.1 Å². The molecular weight excluding hydrogens is 218 g/mol. The molecule has 0 saturated heterocycles. The van der Waals surface area contributed by atoms with Crippen molar-refractivity contribution in [3.8, 4) is 0 Å². The second kappa shape index (κ2) is 7.80. The van der Waals surface area contributed by atoms with Gasteiger partial charge in [0.2, 0.25) is 0 Å².